The van der Waals surface area contributed by atoms with Gasteiger partial charge in [0.25, 0.3) is 0 Å². The highest BCUT2D eigenvalue weighted by molar-refractivity contribution is 8.16. The molecule has 0 saturated carbocycles. The number of hydrogen-bond acceptors (Lipinski definition) is 6. The standard InChI is InChI=1S/C27H27ClFN3O3S/c1-16-23(25(34)35-27(2,3)4)24(18-7-9-19(28)10-8-18)32-21(15-36-26(32)31-16)13-22(33)30-14-17-5-11-20(29)12-6-17/h5-12,15,24H,13-14H2,1-4H3,(H,30,33). The molecule has 0 saturated heterocycles. The van der Waals surface area contributed by atoms with Gasteiger partial charge in [-0.25, -0.2) is 14.2 Å². The molecular weight excluding hydrogens is 501 g/mol. The molecule has 2 aromatic carbocycles. The van der Waals surface area contributed by atoms with Crippen molar-refractivity contribution in [2.75, 3.05) is 0 Å². The molecule has 2 aliphatic heterocycles. The number of nitrogens with zero attached hydrogens (tertiary/aromatic N) is 2. The third-order valence-electron chi connectivity index (χ3n) is 5.55. The lowest BCUT2D eigenvalue weighted by atomic mass is 9.93. The molecule has 6 nitrogen and oxygen atoms in total. The molecule has 2 heterocycles. The number of benzene rings is 2. The molecule has 1 unspecified atom stereocenters. The van der Waals surface area contributed by atoms with Gasteiger partial charge in [0.2, 0.25) is 5.91 Å². The Morgan fingerprint density at radius 3 is 2.44 bits per heavy atom. The number of amidine groups is 1. The summed E-state index contributed by atoms with van der Waals surface area (Å²) in [4.78, 5) is 32.8. The number of ether oxygens (including phenoxy) is 1. The summed E-state index contributed by atoms with van der Waals surface area (Å²) in [5.41, 5.74) is 2.63. The Kier molecular flexibility index (Phi) is 7.57. The highest BCUT2D eigenvalue weighted by Gasteiger charge is 2.41. The maximum atomic E-state index is 13.3. The molecule has 0 radical (unpaired) electrons. The Morgan fingerprint density at radius 2 is 1.81 bits per heavy atom. The molecule has 1 N–H and O–H groups in total. The number of hydrogen-bond donors (Lipinski definition) is 1. The zero-order valence-corrected chi connectivity index (χ0v) is 22.0. The fourth-order valence-corrected chi connectivity index (χ4v) is 5.04. The predicted molar refractivity (Wildman–Crippen MR) is 141 cm³/mol. The SMILES string of the molecule is CC1=C(C(=O)OC(C)(C)C)C(c2ccc(Cl)cc2)N2C(CC(=O)NCc3ccc(F)cc3)=CSC2=N1. The van der Waals surface area contributed by atoms with Crippen molar-refractivity contribution in [2.24, 2.45) is 4.99 Å². The van der Waals surface area contributed by atoms with Crippen LogP contribution in [0.5, 0.6) is 0 Å². The molecule has 0 aromatic heterocycles. The van der Waals surface area contributed by atoms with Crippen LogP contribution in [0, 0.1) is 5.82 Å². The largest absolute Gasteiger partial charge is 0.456 e. The van der Waals surface area contributed by atoms with Gasteiger partial charge in [0.05, 0.1) is 23.7 Å². The van der Waals surface area contributed by atoms with Crippen molar-refractivity contribution in [2.45, 2.75) is 52.3 Å². The molecule has 0 bridgehead atoms. The minimum atomic E-state index is -0.683. The molecule has 0 aliphatic carbocycles. The second-order valence-corrected chi connectivity index (χ2v) is 10.8. The van der Waals surface area contributed by atoms with Gasteiger partial charge in [0, 0.05) is 17.3 Å². The fraction of sp³-hybridized carbons (Fsp3) is 0.296. The Morgan fingerprint density at radius 1 is 1.14 bits per heavy atom. The molecule has 2 aliphatic rings. The first kappa shape index (κ1) is 26.0. The number of aliphatic imine (C=N–C) groups is 1. The highest BCUT2D eigenvalue weighted by atomic mass is 35.5. The molecule has 0 spiro atoms. The van der Waals surface area contributed by atoms with Gasteiger partial charge in [-0.1, -0.05) is 47.6 Å². The molecule has 188 valence electrons. The third-order valence-corrected chi connectivity index (χ3v) is 6.69. The minimum Gasteiger partial charge on any atom is -0.456 e. The number of fused-ring (bicyclic) bond motifs is 1. The van der Waals surface area contributed by atoms with E-state index in [4.69, 9.17) is 16.3 Å². The van der Waals surface area contributed by atoms with Crippen LogP contribution in [0.2, 0.25) is 5.02 Å². The van der Waals surface area contributed by atoms with E-state index >= 15 is 0 Å². The molecule has 2 aromatic rings. The number of thioether (sulfide) groups is 1. The Hall–Kier alpha value is -3.10. The number of allylic oxidation sites excluding steroid dienone is 1. The van der Waals surface area contributed by atoms with Gasteiger partial charge in [0.15, 0.2) is 5.17 Å². The number of rotatable bonds is 6. The lowest BCUT2D eigenvalue weighted by Gasteiger charge is -2.37. The van der Waals surface area contributed by atoms with E-state index in [9.17, 15) is 14.0 Å². The molecule has 1 amide bonds. The van der Waals surface area contributed by atoms with Gasteiger partial charge in [-0.3, -0.25) is 4.79 Å². The van der Waals surface area contributed by atoms with E-state index in [0.29, 0.717) is 27.2 Å². The monoisotopic (exact) mass is 527 g/mol. The summed E-state index contributed by atoms with van der Waals surface area (Å²) in [5.74, 6) is -0.986. The summed E-state index contributed by atoms with van der Waals surface area (Å²) < 4.78 is 18.9. The Balaban J connectivity index is 1.60. The van der Waals surface area contributed by atoms with Crippen molar-refractivity contribution in [3.8, 4) is 0 Å². The summed E-state index contributed by atoms with van der Waals surface area (Å²) in [6, 6.07) is 12.7. The molecule has 36 heavy (non-hydrogen) atoms. The van der Waals surface area contributed by atoms with Crippen molar-refractivity contribution in [3.05, 3.63) is 92.9 Å². The quantitative estimate of drug-likeness (QED) is 0.459. The third kappa shape index (κ3) is 5.99. The van der Waals surface area contributed by atoms with Crippen molar-refractivity contribution in [1.29, 1.82) is 0 Å². The van der Waals surface area contributed by atoms with Gasteiger partial charge in [-0.2, -0.15) is 0 Å². The van der Waals surface area contributed by atoms with Gasteiger partial charge in [-0.05, 0) is 68.5 Å². The minimum absolute atomic E-state index is 0.0813. The summed E-state index contributed by atoms with van der Waals surface area (Å²) in [5, 5.41) is 6.02. The second kappa shape index (κ2) is 10.5. The molecule has 4 rings (SSSR count). The molecule has 0 fully saturated rings. The molecule has 1 atom stereocenters. The number of nitrogens with one attached hydrogen (secondary N) is 1. The van der Waals surface area contributed by atoms with Gasteiger partial charge >= 0.3 is 5.97 Å². The van der Waals surface area contributed by atoms with E-state index in [1.54, 1.807) is 31.2 Å². The van der Waals surface area contributed by atoms with Crippen LogP contribution in [-0.4, -0.2) is 27.5 Å². The lowest BCUT2D eigenvalue weighted by molar-refractivity contribution is -0.150. The van der Waals surface area contributed by atoms with Crippen LogP contribution in [0.15, 0.2) is 75.9 Å². The summed E-state index contributed by atoms with van der Waals surface area (Å²) >= 11 is 7.54. The van der Waals surface area contributed by atoms with Gasteiger partial charge in [0.1, 0.15) is 11.4 Å². The Bertz CT molecular complexity index is 1260. The first-order chi connectivity index (χ1) is 17.0. The van der Waals surface area contributed by atoms with Crippen molar-refractivity contribution < 1.29 is 18.7 Å². The fourth-order valence-electron chi connectivity index (χ4n) is 3.95. The van der Waals surface area contributed by atoms with Gasteiger partial charge in [-0.15, -0.1) is 0 Å². The number of halogens is 2. The van der Waals surface area contributed by atoms with Crippen molar-refractivity contribution in [3.63, 3.8) is 0 Å². The van der Waals surface area contributed by atoms with E-state index in [1.807, 2.05) is 43.2 Å². The Labute approximate surface area is 219 Å². The summed E-state index contributed by atoms with van der Waals surface area (Å²) in [6.45, 7) is 7.53. The lowest BCUT2D eigenvalue weighted by Crippen LogP contribution is -2.39. The number of esters is 1. The highest BCUT2D eigenvalue weighted by Crippen LogP contribution is 2.45. The van der Waals surface area contributed by atoms with Crippen LogP contribution in [0.1, 0.15) is 51.3 Å². The first-order valence-electron chi connectivity index (χ1n) is 11.5. The zero-order chi connectivity index (χ0) is 26.0. The summed E-state index contributed by atoms with van der Waals surface area (Å²) in [7, 11) is 0. The van der Waals surface area contributed by atoms with E-state index < -0.39 is 17.6 Å². The topological polar surface area (TPSA) is 71.0 Å². The zero-order valence-electron chi connectivity index (χ0n) is 20.5. The van der Waals surface area contributed by atoms with E-state index in [2.05, 4.69) is 10.3 Å². The van der Waals surface area contributed by atoms with E-state index in [0.717, 1.165) is 11.1 Å². The van der Waals surface area contributed by atoms with Crippen LogP contribution in [0.3, 0.4) is 0 Å². The van der Waals surface area contributed by atoms with Crippen LogP contribution >= 0.6 is 23.4 Å². The average molecular weight is 528 g/mol. The van der Waals surface area contributed by atoms with Gasteiger partial charge < -0.3 is 15.0 Å². The van der Waals surface area contributed by atoms with Crippen LogP contribution in [0.4, 0.5) is 4.39 Å². The number of carbonyl (C=O) groups is 2. The van der Waals surface area contributed by atoms with Crippen LogP contribution in [0.25, 0.3) is 0 Å². The number of amides is 1. The van der Waals surface area contributed by atoms with Crippen LogP contribution < -0.4 is 5.32 Å². The van der Waals surface area contributed by atoms with E-state index in [-0.39, 0.29) is 24.7 Å². The normalized spacial score (nSPS) is 17.4. The second-order valence-electron chi connectivity index (χ2n) is 9.53. The number of carbonyl (C=O) groups excluding carboxylic acids is 2. The van der Waals surface area contributed by atoms with Crippen molar-refractivity contribution >= 4 is 40.4 Å². The van der Waals surface area contributed by atoms with Crippen molar-refractivity contribution in [1.82, 2.24) is 10.2 Å². The van der Waals surface area contributed by atoms with E-state index in [1.165, 1.54) is 23.9 Å². The first-order valence-corrected chi connectivity index (χ1v) is 12.7. The summed E-state index contributed by atoms with van der Waals surface area (Å²) in [6.07, 6.45) is 0.0813. The predicted octanol–water partition coefficient (Wildman–Crippen LogP) is 6.10. The molecular formula is C27H27ClFN3O3S. The maximum Gasteiger partial charge on any atom is 0.338 e. The molecule has 9 heteroatoms. The smallest absolute Gasteiger partial charge is 0.338 e. The average Bonchev–Trinajstić information content (AvgIpc) is 3.19. The maximum absolute atomic E-state index is 13.3. The van der Waals surface area contributed by atoms with Crippen LogP contribution in [-0.2, 0) is 20.9 Å².